The van der Waals surface area contributed by atoms with Crippen LogP contribution in [0.2, 0.25) is 0 Å². The van der Waals surface area contributed by atoms with E-state index >= 15 is 0 Å². The predicted molar refractivity (Wildman–Crippen MR) is 93.8 cm³/mol. The number of amides is 1. The number of anilines is 3. The van der Waals surface area contributed by atoms with Crippen molar-refractivity contribution in [2.75, 3.05) is 10.6 Å². The first-order valence-corrected chi connectivity index (χ1v) is 7.87. The van der Waals surface area contributed by atoms with Crippen molar-refractivity contribution in [3.8, 4) is 0 Å². The summed E-state index contributed by atoms with van der Waals surface area (Å²) in [6.07, 6.45) is 0. The van der Waals surface area contributed by atoms with Crippen molar-refractivity contribution in [3.63, 3.8) is 0 Å². The van der Waals surface area contributed by atoms with E-state index in [9.17, 15) is 9.59 Å². The van der Waals surface area contributed by atoms with E-state index in [2.05, 4.69) is 15.0 Å². The Bertz CT molecular complexity index is 867. The molecule has 0 aliphatic carbocycles. The number of H-pyrrole nitrogens is 1. The molecule has 0 spiro atoms. The number of rotatable bonds is 4. The van der Waals surface area contributed by atoms with E-state index < -0.39 is 0 Å². The van der Waals surface area contributed by atoms with Gasteiger partial charge in [-0.3, -0.25) is 14.0 Å². The zero-order chi connectivity index (χ0) is 16.2. The average Bonchev–Trinajstić information content (AvgIpc) is 2.88. The summed E-state index contributed by atoms with van der Waals surface area (Å²) in [6.45, 7) is 1.76. The van der Waals surface area contributed by atoms with Crippen LogP contribution < -0.4 is 16.2 Å². The summed E-state index contributed by atoms with van der Waals surface area (Å²) in [5, 5.41) is 6.78. The normalized spacial score (nSPS) is 10.3. The second kappa shape index (κ2) is 6.50. The first-order chi connectivity index (χ1) is 11.1. The number of para-hydroxylation sites is 1. The third-order valence-electron chi connectivity index (χ3n) is 3.36. The van der Waals surface area contributed by atoms with E-state index in [4.69, 9.17) is 0 Å². The van der Waals surface area contributed by atoms with Crippen LogP contribution in [0.25, 0.3) is 0 Å². The third kappa shape index (κ3) is 3.49. The molecule has 2 aromatic carbocycles. The van der Waals surface area contributed by atoms with Crippen LogP contribution in [0.1, 0.15) is 15.9 Å². The third-order valence-corrected chi connectivity index (χ3v) is 4.26. The number of nitrogens with one attached hydrogen (secondary N) is 3. The van der Waals surface area contributed by atoms with Crippen LogP contribution in [0.4, 0.5) is 16.4 Å². The summed E-state index contributed by atoms with van der Waals surface area (Å²) in [5.74, 6) is -0.162. The lowest BCUT2D eigenvalue weighted by Gasteiger charge is -2.07. The van der Waals surface area contributed by atoms with Crippen molar-refractivity contribution in [2.45, 2.75) is 6.92 Å². The number of hydrogen-bond donors (Lipinski definition) is 3. The van der Waals surface area contributed by atoms with Crippen molar-refractivity contribution in [3.05, 3.63) is 76.1 Å². The number of benzene rings is 2. The molecule has 5 nitrogen and oxygen atoms in total. The SMILES string of the molecule is Cc1c(Nc2ccc(C(=O)Nc3ccccc3)cc2)s[nH]c1=O. The molecule has 1 heterocycles. The zero-order valence-corrected chi connectivity index (χ0v) is 13.2. The molecule has 1 aromatic heterocycles. The quantitative estimate of drug-likeness (QED) is 0.684. The Morgan fingerprint density at radius 3 is 2.30 bits per heavy atom. The maximum absolute atomic E-state index is 12.2. The van der Waals surface area contributed by atoms with Crippen LogP contribution >= 0.6 is 11.5 Å². The van der Waals surface area contributed by atoms with Gasteiger partial charge in [0.25, 0.3) is 11.5 Å². The largest absolute Gasteiger partial charge is 0.346 e. The van der Waals surface area contributed by atoms with E-state index in [1.807, 2.05) is 42.5 Å². The Kier molecular flexibility index (Phi) is 4.25. The molecule has 3 aromatic rings. The van der Waals surface area contributed by atoms with Gasteiger partial charge in [0.1, 0.15) is 5.00 Å². The molecule has 3 rings (SSSR count). The van der Waals surface area contributed by atoms with Gasteiger partial charge in [-0.2, -0.15) is 0 Å². The molecule has 0 aliphatic rings. The Labute approximate surface area is 137 Å². The van der Waals surface area contributed by atoms with E-state index in [-0.39, 0.29) is 11.5 Å². The van der Waals surface area contributed by atoms with Gasteiger partial charge in [-0.25, -0.2) is 0 Å². The van der Waals surface area contributed by atoms with E-state index in [0.29, 0.717) is 11.1 Å². The van der Waals surface area contributed by atoms with Gasteiger partial charge in [-0.15, -0.1) is 0 Å². The number of hydrogen-bond acceptors (Lipinski definition) is 4. The fourth-order valence-corrected chi connectivity index (χ4v) is 2.80. The molecule has 23 heavy (non-hydrogen) atoms. The molecular formula is C17H15N3O2S. The van der Waals surface area contributed by atoms with Crippen LogP contribution in [0.15, 0.2) is 59.4 Å². The predicted octanol–water partition coefficient (Wildman–Crippen LogP) is 3.74. The molecular weight excluding hydrogens is 310 g/mol. The zero-order valence-electron chi connectivity index (χ0n) is 12.4. The van der Waals surface area contributed by atoms with Crippen molar-refractivity contribution in [1.82, 2.24) is 4.37 Å². The minimum atomic E-state index is -0.162. The topological polar surface area (TPSA) is 74.0 Å². The Balaban J connectivity index is 1.70. The van der Waals surface area contributed by atoms with Gasteiger partial charge in [0.2, 0.25) is 0 Å². The van der Waals surface area contributed by atoms with Crippen LogP contribution in [0, 0.1) is 6.92 Å². The Morgan fingerprint density at radius 1 is 1.00 bits per heavy atom. The molecule has 0 fully saturated rings. The van der Waals surface area contributed by atoms with Crippen molar-refractivity contribution < 1.29 is 4.79 Å². The monoisotopic (exact) mass is 325 g/mol. The maximum Gasteiger partial charge on any atom is 0.263 e. The van der Waals surface area contributed by atoms with Crippen molar-refractivity contribution in [2.24, 2.45) is 0 Å². The standard InChI is InChI=1S/C17H15N3O2S/c1-11-15(21)20-23-17(11)19-14-9-7-12(8-10-14)16(22)18-13-5-3-2-4-6-13/h2-10,19H,1H3,(H,18,22)(H,20,21). The summed E-state index contributed by atoms with van der Waals surface area (Å²) < 4.78 is 2.67. The summed E-state index contributed by atoms with van der Waals surface area (Å²) in [6, 6.07) is 16.4. The van der Waals surface area contributed by atoms with Crippen LogP contribution in [-0.4, -0.2) is 10.3 Å². The fourth-order valence-electron chi connectivity index (χ4n) is 2.03. The van der Waals surface area contributed by atoms with Crippen LogP contribution in [0.5, 0.6) is 0 Å². The molecule has 0 radical (unpaired) electrons. The molecule has 0 unspecified atom stereocenters. The first kappa shape index (κ1) is 15.1. The average molecular weight is 325 g/mol. The number of aromatic nitrogens is 1. The highest BCUT2D eigenvalue weighted by molar-refractivity contribution is 7.10. The molecule has 0 atom stereocenters. The molecule has 0 saturated carbocycles. The molecule has 0 bridgehead atoms. The number of aromatic amines is 1. The van der Waals surface area contributed by atoms with Gasteiger partial charge >= 0.3 is 0 Å². The molecule has 116 valence electrons. The van der Waals surface area contributed by atoms with Crippen LogP contribution in [0.3, 0.4) is 0 Å². The Hall–Kier alpha value is -2.86. The van der Waals surface area contributed by atoms with Crippen LogP contribution in [-0.2, 0) is 0 Å². The fraction of sp³-hybridized carbons (Fsp3) is 0.0588. The summed E-state index contributed by atoms with van der Waals surface area (Å²) in [7, 11) is 0. The smallest absolute Gasteiger partial charge is 0.263 e. The number of carbonyl (C=O) groups excluding carboxylic acids is 1. The van der Waals surface area contributed by atoms with Gasteiger partial charge in [-0.1, -0.05) is 18.2 Å². The molecule has 1 amide bonds. The van der Waals surface area contributed by atoms with Crippen molar-refractivity contribution >= 4 is 33.8 Å². The highest BCUT2D eigenvalue weighted by Gasteiger charge is 2.08. The highest BCUT2D eigenvalue weighted by Crippen LogP contribution is 2.22. The molecule has 0 aliphatic heterocycles. The van der Waals surface area contributed by atoms with E-state index in [1.165, 1.54) is 11.5 Å². The van der Waals surface area contributed by atoms with Crippen molar-refractivity contribution in [1.29, 1.82) is 0 Å². The maximum atomic E-state index is 12.2. The lowest BCUT2D eigenvalue weighted by molar-refractivity contribution is 0.102. The molecule has 6 heteroatoms. The second-order valence-electron chi connectivity index (χ2n) is 5.01. The van der Waals surface area contributed by atoms with Gasteiger partial charge in [0, 0.05) is 16.9 Å². The minimum Gasteiger partial charge on any atom is -0.346 e. The van der Waals surface area contributed by atoms with E-state index in [1.54, 1.807) is 19.1 Å². The number of carbonyl (C=O) groups is 1. The summed E-state index contributed by atoms with van der Waals surface area (Å²) >= 11 is 1.26. The second-order valence-corrected chi connectivity index (χ2v) is 5.83. The first-order valence-electron chi connectivity index (χ1n) is 7.05. The van der Waals surface area contributed by atoms with Gasteiger partial charge in [0.05, 0.1) is 5.56 Å². The molecule has 3 N–H and O–H groups in total. The molecule has 0 saturated heterocycles. The Morgan fingerprint density at radius 2 is 1.70 bits per heavy atom. The minimum absolute atomic E-state index is 0.0867. The van der Waals surface area contributed by atoms with Gasteiger partial charge < -0.3 is 10.6 Å². The van der Waals surface area contributed by atoms with E-state index in [0.717, 1.165) is 16.4 Å². The highest BCUT2D eigenvalue weighted by atomic mass is 32.1. The van der Waals surface area contributed by atoms with Gasteiger partial charge in [-0.05, 0) is 54.9 Å². The van der Waals surface area contributed by atoms with Gasteiger partial charge in [0.15, 0.2) is 0 Å². The lowest BCUT2D eigenvalue weighted by atomic mass is 10.2. The summed E-state index contributed by atoms with van der Waals surface area (Å²) in [4.78, 5) is 23.6. The lowest BCUT2D eigenvalue weighted by Crippen LogP contribution is -2.11. The summed E-state index contributed by atoms with van der Waals surface area (Å²) in [5.41, 5.74) is 2.71.